The van der Waals surface area contributed by atoms with Crippen molar-refractivity contribution in [2.45, 2.75) is 6.54 Å². The summed E-state index contributed by atoms with van der Waals surface area (Å²) in [5, 5.41) is 3.42. The first-order valence-corrected chi connectivity index (χ1v) is 6.59. The van der Waals surface area contributed by atoms with Crippen molar-refractivity contribution in [3.63, 3.8) is 0 Å². The van der Waals surface area contributed by atoms with Crippen LogP contribution >= 0.6 is 11.8 Å². The first-order chi connectivity index (χ1) is 7.24. The standard InChI is InChI=1S/C12H20N2S/c1-14(2)12-6-4-11(5-7-12)10-13-8-9-15-3/h4-7,13H,8-10H2,1-3H3. The molecular formula is C12H20N2S. The molecule has 1 aromatic carbocycles. The van der Waals surface area contributed by atoms with Gasteiger partial charge in [-0.1, -0.05) is 12.1 Å². The van der Waals surface area contributed by atoms with Crippen LogP contribution in [0.2, 0.25) is 0 Å². The van der Waals surface area contributed by atoms with Gasteiger partial charge >= 0.3 is 0 Å². The number of nitrogens with one attached hydrogen (secondary N) is 1. The van der Waals surface area contributed by atoms with Gasteiger partial charge in [-0.2, -0.15) is 11.8 Å². The minimum Gasteiger partial charge on any atom is -0.378 e. The molecule has 0 saturated heterocycles. The molecule has 84 valence electrons. The zero-order valence-corrected chi connectivity index (χ0v) is 10.6. The normalized spacial score (nSPS) is 10.3. The van der Waals surface area contributed by atoms with Crippen molar-refractivity contribution in [1.82, 2.24) is 5.32 Å². The second kappa shape index (κ2) is 6.75. The molecule has 0 unspecified atom stereocenters. The van der Waals surface area contributed by atoms with Crippen molar-refractivity contribution >= 4 is 17.4 Å². The zero-order chi connectivity index (χ0) is 11.1. The molecule has 0 heterocycles. The predicted molar refractivity (Wildman–Crippen MR) is 70.9 cm³/mol. The van der Waals surface area contributed by atoms with Gasteiger partial charge in [-0.15, -0.1) is 0 Å². The van der Waals surface area contributed by atoms with Crippen molar-refractivity contribution in [2.24, 2.45) is 0 Å². The second-order valence-corrected chi connectivity index (χ2v) is 4.72. The molecule has 0 aliphatic rings. The summed E-state index contributed by atoms with van der Waals surface area (Å²) < 4.78 is 0. The first-order valence-electron chi connectivity index (χ1n) is 5.20. The number of hydrogen-bond acceptors (Lipinski definition) is 3. The Balaban J connectivity index is 2.36. The van der Waals surface area contributed by atoms with Gasteiger partial charge in [-0.3, -0.25) is 0 Å². The third kappa shape index (κ3) is 4.58. The van der Waals surface area contributed by atoms with E-state index in [1.165, 1.54) is 17.0 Å². The van der Waals surface area contributed by atoms with Crippen molar-refractivity contribution in [3.8, 4) is 0 Å². The van der Waals surface area contributed by atoms with E-state index in [0.29, 0.717) is 0 Å². The fourth-order valence-electron chi connectivity index (χ4n) is 1.32. The van der Waals surface area contributed by atoms with E-state index in [-0.39, 0.29) is 0 Å². The quantitative estimate of drug-likeness (QED) is 0.746. The molecule has 0 aliphatic heterocycles. The third-order valence-electron chi connectivity index (χ3n) is 2.26. The number of benzene rings is 1. The fraction of sp³-hybridized carbons (Fsp3) is 0.500. The molecule has 2 nitrogen and oxygen atoms in total. The Labute approximate surface area is 97.1 Å². The lowest BCUT2D eigenvalue weighted by Crippen LogP contribution is -2.16. The second-order valence-electron chi connectivity index (χ2n) is 3.73. The summed E-state index contributed by atoms with van der Waals surface area (Å²) in [4.78, 5) is 2.12. The summed E-state index contributed by atoms with van der Waals surface area (Å²) in [5.41, 5.74) is 2.60. The molecule has 1 rings (SSSR count). The number of nitrogens with zero attached hydrogens (tertiary/aromatic N) is 1. The van der Waals surface area contributed by atoms with Crippen LogP contribution in [-0.2, 0) is 6.54 Å². The lowest BCUT2D eigenvalue weighted by Gasteiger charge is -2.12. The number of hydrogen-bond donors (Lipinski definition) is 1. The van der Waals surface area contributed by atoms with E-state index in [0.717, 1.165) is 13.1 Å². The summed E-state index contributed by atoms with van der Waals surface area (Å²) in [5.74, 6) is 1.18. The highest BCUT2D eigenvalue weighted by atomic mass is 32.2. The number of rotatable bonds is 6. The average Bonchev–Trinajstić information content (AvgIpc) is 2.25. The summed E-state index contributed by atoms with van der Waals surface area (Å²) in [6, 6.07) is 8.68. The van der Waals surface area contributed by atoms with Gasteiger partial charge in [0.15, 0.2) is 0 Å². The van der Waals surface area contributed by atoms with Crippen molar-refractivity contribution < 1.29 is 0 Å². The number of anilines is 1. The Hall–Kier alpha value is -0.670. The van der Waals surface area contributed by atoms with E-state index < -0.39 is 0 Å². The molecule has 1 N–H and O–H groups in total. The van der Waals surface area contributed by atoms with Gasteiger partial charge in [0.05, 0.1) is 0 Å². The van der Waals surface area contributed by atoms with Crippen LogP contribution in [0.5, 0.6) is 0 Å². The highest BCUT2D eigenvalue weighted by molar-refractivity contribution is 7.98. The SMILES string of the molecule is CSCCNCc1ccc(N(C)C)cc1. The van der Waals surface area contributed by atoms with Gasteiger partial charge in [0.1, 0.15) is 0 Å². The molecular weight excluding hydrogens is 204 g/mol. The molecule has 0 aliphatic carbocycles. The Kier molecular flexibility index (Phi) is 5.58. The highest BCUT2D eigenvalue weighted by Crippen LogP contribution is 2.11. The van der Waals surface area contributed by atoms with Crippen LogP contribution in [0.25, 0.3) is 0 Å². The summed E-state index contributed by atoms with van der Waals surface area (Å²) in [6.07, 6.45) is 2.13. The smallest absolute Gasteiger partial charge is 0.0361 e. The van der Waals surface area contributed by atoms with Gasteiger partial charge in [-0.25, -0.2) is 0 Å². The summed E-state index contributed by atoms with van der Waals surface area (Å²) >= 11 is 1.87. The minimum atomic E-state index is 0.967. The van der Waals surface area contributed by atoms with E-state index in [1.807, 2.05) is 11.8 Å². The van der Waals surface area contributed by atoms with E-state index in [4.69, 9.17) is 0 Å². The Morgan fingerprint density at radius 2 is 1.87 bits per heavy atom. The van der Waals surface area contributed by atoms with Crippen molar-refractivity contribution in [2.75, 3.05) is 37.5 Å². The van der Waals surface area contributed by atoms with Crippen molar-refractivity contribution in [3.05, 3.63) is 29.8 Å². The molecule has 0 radical (unpaired) electrons. The van der Waals surface area contributed by atoms with Crippen LogP contribution in [0.1, 0.15) is 5.56 Å². The molecule has 0 saturated carbocycles. The van der Waals surface area contributed by atoms with Gasteiger partial charge in [0.2, 0.25) is 0 Å². The van der Waals surface area contributed by atoms with Gasteiger partial charge in [0.25, 0.3) is 0 Å². The van der Waals surface area contributed by atoms with E-state index in [1.54, 1.807) is 0 Å². The van der Waals surface area contributed by atoms with Gasteiger partial charge in [-0.05, 0) is 24.0 Å². The maximum atomic E-state index is 3.42. The van der Waals surface area contributed by atoms with Gasteiger partial charge < -0.3 is 10.2 Å². The van der Waals surface area contributed by atoms with Crippen molar-refractivity contribution in [1.29, 1.82) is 0 Å². The lowest BCUT2D eigenvalue weighted by atomic mass is 10.2. The Bertz CT molecular complexity index is 269. The minimum absolute atomic E-state index is 0.967. The summed E-state index contributed by atoms with van der Waals surface area (Å²) in [6.45, 7) is 2.05. The van der Waals surface area contributed by atoms with Crippen LogP contribution < -0.4 is 10.2 Å². The van der Waals surface area contributed by atoms with Crippen LogP contribution in [0, 0.1) is 0 Å². The maximum absolute atomic E-state index is 3.42. The molecule has 1 aromatic rings. The monoisotopic (exact) mass is 224 g/mol. The Morgan fingerprint density at radius 1 is 1.20 bits per heavy atom. The highest BCUT2D eigenvalue weighted by Gasteiger charge is 1.95. The molecule has 0 aromatic heterocycles. The van der Waals surface area contributed by atoms with Crippen LogP contribution in [0.4, 0.5) is 5.69 Å². The Morgan fingerprint density at radius 3 is 2.40 bits per heavy atom. The number of thioether (sulfide) groups is 1. The van der Waals surface area contributed by atoms with Gasteiger partial charge in [0, 0.05) is 38.6 Å². The zero-order valence-electron chi connectivity index (χ0n) is 9.79. The first kappa shape index (κ1) is 12.4. The molecule has 15 heavy (non-hydrogen) atoms. The van der Waals surface area contributed by atoms with E-state index in [9.17, 15) is 0 Å². The predicted octanol–water partition coefficient (Wildman–Crippen LogP) is 2.21. The lowest BCUT2D eigenvalue weighted by molar-refractivity contribution is 0.732. The average molecular weight is 224 g/mol. The molecule has 0 spiro atoms. The van der Waals surface area contributed by atoms with Crippen LogP contribution in [-0.4, -0.2) is 32.6 Å². The largest absolute Gasteiger partial charge is 0.378 e. The van der Waals surface area contributed by atoms with E-state index >= 15 is 0 Å². The molecule has 0 fully saturated rings. The maximum Gasteiger partial charge on any atom is 0.0361 e. The fourth-order valence-corrected chi connectivity index (χ4v) is 1.67. The molecule has 0 atom stereocenters. The van der Waals surface area contributed by atoms with Crippen LogP contribution in [0.3, 0.4) is 0 Å². The molecule has 3 heteroatoms. The molecule has 0 amide bonds. The van der Waals surface area contributed by atoms with E-state index in [2.05, 4.69) is 54.8 Å². The topological polar surface area (TPSA) is 15.3 Å². The third-order valence-corrected chi connectivity index (χ3v) is 2.88. The molecule has 0 bridgehead atoms. The van der Waals surface area contributed by atoms with Crippen LogP contribution in [0.15, 0.2) is 24.3 Å². The summed E-state index contributed by atoms with van der Waals surface area (Å²) in [7, 11) is 4.12.